The average molecular weight is 128 g/mol. The average Bonchev–Trinajstić information content (AvgIpc) is 2.70. The van der Waals surface area contributed by atoms with Crippen LogP contribution in [0.2, 0.25) is 0 Å². The molecule has 0 bridgehead atoms. The first-order valence-electron chi connectivity index (χ1n) is 4.38. The highest BCUT2D eigenvalue weighted by Crippen LogP contribution is 2.42. The lowest BCUT2D eigenvalue weighted by Gasteiger charge is -1.85. The Hall–Kier alpha value is 0. The zero-order valence-electron chi connectivity index (χ0n) is 7.28. The number of hydrogen-bond donors (Lipinski definition) is 0. The van der Waals surface area contributed by atoms with Crippen LogP contribution in [0.4, 0.5) is 0 Å². The maximum atomic E-state index is 2.29. The Morgan fingerprint density at radius 1 is 1.00 bits per heavy atom. The molecule has 0 heterocycles. The third-order valence-electron chi connectivity index (χ3n) is 2.12. The van der Waals surface area contributed by atoms with E-state index in [-0.39, 0.29) is 0 Å². The molecular formula is C9H20. The molecule has 9 heavy (non-hydrogen) atoms. The summed E-state index contributed by atoms with van der Waals surface area (Å²) < 4.78 is 0. The summed E-state index contributed by atoms with van der Waals surface area (Å²) in [5.74, 6) is 2.23. The molecule has 1 aliphatic carbocycles. The highest BCUT2D eigenvalue weighted by Gasteiger charge is 2.32. The summed E-state index contributed by atoms with van der Waals surface area (Å²) in [7, 11) is 0. The minimum absolute atomic E-state index is 1.12. The van der Waals surface area contributed by atoms with Gasteiger partial charge in [-0.25, -0.2) is 0 Å². The van der Waals surface area contributed by atoms with Gasteiger partial charge in [-0.2, -0.15) is 0 Å². The van der Waals surface area contributed by atoms with Crippen LogP contribution >= 0.6 is 0 Å². The summed E-state index contributed by atoms with van der Waals surface area (Å²) in [5, 5.41) is 0. The monoisotopic (exact) mass is 128 g/mol. The topological polar surface area (TPSA) is 0 Å². The van der Waals surface area contributed by atoms with Crippen molar-refractivity contribution in [2.75, 3.05) is 0 Å². The fourth-order valence-corrected chi connectivity index (χ4v) is 1.31. The second-order valence-corrected chi connectivity index (χ2v) is 2.57. The highest BCUT2D eigenvalue weighted by atomic mass is 14.4. The van der Waals surface area contributed by atoms with Gasteiger partial charge in [0.2, 0.25) is 0 Å². The summed E-state index contributed by atoms with van der Waals surface area (Å²) in [6.07, 6.45) is 4.35. The predicted molar refractivity (Wildman–Crippen MR) is 43.5 cm³/mol. The van der Waals surface area contributed by atoms with Crippen molar-refractivity contribution in [1.29, 1.82) is 0 Å². The van der Waals surface area contributed by atoms with Crippen molar-refractivity contribution in [3.8, 4) is 0 Å². The third-order valence-corrected chi connectivity index (χ3v) is 2.12. The van der Waals surface area contributed by atoms with Crippen LogP contribution in [0.15, 0.2) is 0 Å². The van der Waals surface area contributed by atoms with Crippen molar-refractivity contribution in [2.24, 2.45) is 11.8 Å². The van der Waals surface area contributed by atoms with E-state index in [4.69, 9.17) is 0 Å². The molecule has 1 rings (SSSR count). The Labute approximate surface area is 59.7 Å². The van der Waals surface area contributed by atoms with Crippen molar-refractivity contribution in [3.63, 3.8) is 0 Å². The standard InChI is InChI=1S/C7H14.C2H6/c1-3-6-5-7(6)4-2;1-2/h6-7H,3-5H2,1-2H3;1-2H3. The lowest BCUT2D eigenvalue weighted by Crippen LogP contribution is -1.74. The molecule has 0 heteroatoms. The third kappa shape index (κ3) is 2.88. The normalized spacial score (nSPS) is 30.7. The zero-order valence-corrected chi connectivity index (χ0v) is 7.28. The van der Waals surface area contributed by atoms with E-state index in [1.54, 1.807) is 0 Å². The van der Waals surface area contributed by atoms with Gasteiger partial charge in [0.05, 0.1) is 0 Å². The Morgan fingerprint density at radius 2 is 1.33 bits per heavy atom. The van der Waals surface area contributed by atoms with E-state index in [0.29, 0.717) is 0 Å². The molecule has 0 nitrogen and oxygen atoms in total. The molecular weight excluding hydrogens is 108 g/mol. The SMILES string of the molecule is CC.CCC1CC1CC. The van der Waals surface area contributed by atoms with Crippen LogP contribution in [0.25, 0.3) is 0 Å². The first kappa shape index (κ1) is 9.00. The molecule has 0 spiro atoms. The molecule has 2 unspecified atom stereocenters. The summed E-state index contributed by atoms with van der Waals surface area (Å²) in [4.78, 5) is 0. The fraction of sp³-hybridized carbons (Fsp3) is 1.00. The minimum Gasteiger partial charge on any atom is -0.0683 e. The van der Waals surface area contributed by atoms with Crippen molar-refractivity contribution >= 4 is 0 Å². The van der Waals surface area contributed by atoms with Gasteiger partial charge < -0.3 is 0 Å². The van der Waals surface area contributed by atoms with Gasteiger partial charge >= 0.3 is 0 Å². The van der Waals surface area contributed by atoms with Gasteiger partial charge in [-0.15, -0.1) is 0 Å². The minimum atomic E-state index is 1.12. The first-order valence-corrected chi connectivity index (χ1v) is 4.38. The highest BCUT2D eigenvalue weighted by molar-refractivity contribution is 4.83. The molecule has 0 aliphatic heterocycles. The van der Waals surface area contributed by atoms with E-state index >= 15 is 0 Å². The van der Waals surface area contributed by atoms with Gasteiger partial charge in [-0.3, -0.25) is 0 Å². The lowest BCUT2D eigenvalue weighted by atomic mass is 10.2. The zero-order chi connectivity index (χ0) is 7.28. The quantitative estimate of drug-likeness (QED) is 0.534. The van der Waals surface area contributed by atoms with Crippen LogP contribution in [0.5, 0.6) is 0 Å². The molecule has 0 amide bonds. The number of rotatable bonds is 2. The molecule has 0 N–H and O–H groups in total. The number of hydrogen-bond acceptors (Lipinski definition) is 0. The van der Waals surface area contributed by atoms with E-state index in [0.717, 1.165) is 11.8 Å². The van der Waals surface area contributed by atoms with E-state index in [9.17, 15) is 0 Å². The molecule has 0 aromatic rings. The maximum Gasteiger partial charge on any atom is -0.0386 e. The van der Waals surface area contributed by atoms with Crippen molar-refractivity contribution < 1.29 is 0 Å². The van der Waals surface area contributed by atoms with Gasteiger partial charge in [0, 0.05) is 0 Å². The second kappa shape index (κ2) is 4.84. The summed E-state index contributed by atoms with van der Waals surface area (Å²) in [5.41, 5.74) is 0. The van der Waals surface area contributed by atoms with E-state index in [1.807, 2.05) is 13.8 Å². The Kier molecular flexibility index (Phi) is 4.84. The first-order chi connectivity index (χ1) is 4.38. The molecule has 2 atom stereocenters. The molecule has 0 aromatic carbocycles. The van der Waals surface area contributed by atoms with Crippen LogP contribution < -0.4 is 0 Å². The molecule has 1 fully saturated rings. The van der Waals surface area contributed by atoms with Crippen LogP contribution in [0.1, 0.15) is 47.0 Å². The van der Waals surface area contributed by atoms with Crippen molar-refractivity contribution in [3.05, 3.63) is 0 Å². The maximum absolute atomic E-state index is 2.29. The van der Waals surface area contributed by atoms with Gasteiger partial charge in [0.1, 0.15) is 0 Å². The smallest absolute Gasteiger partial charge is 0.0386 e. The molecule has 1 aliphatic rings. The van der Waals surface area contributed by atoms with Gasteiger partial charge in [0.25, 0.3) is 0 Å². The largest absolute Gasteiger partial charge is 0.0683 e. The predicted octanol–water partition coefficient (Wildman–Crippen LogP) is 3.47. The molecule has 0 saturated heterocycles. The van der Waals surface area contributed by atoms with Crippen LogP contribution in [0, 0.1) is 11.8 Å². The van der Waals surface area contributed by atoms with Gasteiger partial charge in [-0.05, 0) is 18.3 Å². The van der Waals surface area contributed by atoms with Crippen LogP contribution in [0.3, 0.4) is 0 Å². The fourth-order valence-electron chi connectivity index (χ4n) is 1.31. The van der Waals surface area contributed by atoms with Gasteiger partial charge in [-0.1, -0.05) is 40.5 Å². The van der Waals surface area contributed by atoms with Crippen molar-refractivity contribution in [2.45, 2.75) is 47.0 Å². The Morgan fingerprint density at radius 3 is 1.44 bits per heavy atom. The second-order valence-electron chi connectivity index (χ2n) is 2.57. The lowest BCUT2D eigenvalue weighted by molar-refractivity contribution is 0.663. The van der Waals surface area contributed by atoms with Crippen molar-refractivity contribution in [1.82, 2.24) is 0 Å². The molecule has 1 saturated carbocycles. The summed E-state index contributed by atoms with van der Waals surface area (Å²) in [6.45, 7) is 8.58. The Bertz CT molecular complexity index is 49.1. The molecule has 0 radical (unpaired) electrons. The van der Waals surface area contributed by atoms with Gasteiger partial charge in [0.15, 0.2) is 0 Å². The van der Waals surface area contributed by atoms with E-state index in [2.05, 4.69) is 13.8 Å². The Balaban J connectivity index is 0.000000291. The van der Waals surface area contributed by atoms with E-state index in [1.165, 1.54) is 19.3 Å². The van der Waals surface area contributed by atoms with Crippen LogP contribution in [-0.4, -0.2) is 0 Å². The van der Waals surface area contributed by atoms with E-state index < -0.39 is 0 Å². The summed E-state index contributed by atoms with van der Waals surface area (Å²) in [6, 6.07) is 0. The van der Waals surface area contributed by atoms with Crippen LogP contribution in [-0.2, 0) is 0 Å². The molecule has 0 aromatic heterocycles. The molecule has 56 valence electrons. The summed E-state index contributed by atoms with van der Waals surface area (Å²) >= 11 is 0.